The van der Waals surface area contributed by atoms with Crippen LogP contribution in [0.25, 0.3) is 10.9 Å². The molecule has 10 N–H and O–H groups in total. The van der Waals surface area contributed by atoms with Crippen molar-refractivity contribution >= 4 is 34.6 Å². The summed E-state index contributed by atoms with van der Waals surface area (Å²) in [4.78, 5) is 55.1. The summed E-state index contributed by atoms with van der Waals surface area (Å²) in [7, 11) is 0. The predicted octanol–water partition coefficient (Wildman–Crippen LogP) is 1.70. The van der Waals surface area contributed by atoms with Crippen LogP contribution < -0.4 is 27.4 Å². The average molecular weight is 609 g/mol. The van der Waals surface area contributed by atoms with Gasteiger partial charge in [-0.15, -0.1) is 0 Å². The molecule has 1 heterocycles. The molecule has 238 valence electrons. The minimum atomic E-state index is -1.27. The number of aliphatic carboxylic acids is 1. The summed E-state index contributed by atoms with van der Waals surface area (Å²) < 4.78 is 0. The Kier molecular flexibility index (Phi) is 12.7. The summed E-state index contributed by atoms with van der Waals surface area (Å²) in [5, 5.41) is 28.3. The molecule has 0 aliphatic carbocycles. The second-order valence-electron chi connectivity index (χ2n) is 11.5. The van der Waals surface area contributed by atoms with Gasteiger partial charge in [-0.05, 0) is 73.9 Å². The van der Waals surface area contributed by atoms with E-state index >= 15 is 0 Å². The zero-order valence-corrected chi connectivity index (χ0v) is 25.2. The van der Waals surface area contributed by atoms with Crippen molar-refractivity contribution in [3.8, 4) is 5.75 Å². The van der Waals surface area contributed by atoms with E-state index in [1.807, 2.05) is 44.3 Å². The van der Waals surface area contributed by atoms with Gasteiger partial charge in [0, 0.05) is 23.5 Å². The number of carboxylic acids is 1. The van der Waals surface area contributed by atoms with Crippen molar-refractivity contribution < 1.29 is 29.4 Å². The molecule has 3 aromatic rings. The number of aromatic amines is 1. The standard InChI is InChI=1S/C32H44N6O6/c1-19(2)15-27(37-29(40)24(34)17-21-18-35-25-8-4-3-7-23(21)25)31(42)36-26(9-5-6-14-33)30(41)38-28(32(43)44)16-20-10-12-22(39)13-11-20/h3-4,7-8,10-13,18-19,24,26-28,35,39H,5-6,9,14-17,33-34H2,1-2H3,(H,36,42)(H,37,40)(H,38,41)(H,43,44). The molecule has 0 bridgehead atoms. The summed E-state index contributed by atoms with van der Waals surface area (Å²) >= 11 is 0. The molecular weight excluding hydrogens is 564 g/mol. The lowest BCUT2D eigenvalue weighted by molar-refractivity contribution is -0.142. The first-order valence-corrected chi connectivity index (χ1v) is 14.9. The fourth-order valence-corrected chi connectivity index (χ4v) is 4.99. The van der Waals surface area contributed by atoms with Gasteiger partial charge in [-0.3, -0.25) is 14.4 Å². The van der Waals surface area contributed by atoms with Crippen molar-refractivity contribution in [2.24, 2.45) is 17.4 Å². The highest BCUT2D eigenvalue weighted by Crippen LogP contribution is 2.19. The van der Waals surface area contributed by atoms with E-state index in [0.29, 0.717) is 31.4 Å². The number of carbonyl (C=O) groups is 4. The number of carbonyl (C=O) groups excluding carboxylic acids is 3. The first-order chi connectivity index (χ1) is 21.0. The Hall–Kier alpha value is -4.42. The van der Waals surface area contributed by atoms with Gasteiger partial charge in [-0.1, -0.05) is 44.2 Å². The highest BCUT2D eigenvalue weighted by atomic mass is 16.4. The number of rotatable bonds is 17. The van der Waals surface area contributed by atoms with Gasteiger partial charge >= 0.3 is 5.97 Å². The van der Waals surface area contributed by atoms with Crippen molar-refractivity contribution in [2.75, 3.05) is 6.54 Å². The van der Waals surface area contributed by atoms with Crippen molar-refractivity contribution in [1.82, 2.24) is 20.9 Å². The molecule has 0 saturated heterocycles. The monoisotopic (exact) mass is 608 g/mol. The smallest absolute Gasteiger partial charge is 0.326 e. The first kappa shape index (κ1) is 34.1. The van der Waals surface area contributed by atoms with E-state index in [2.05, 4.69) is 20.9 Å². The van der Waals surface area contributed by atoms with E-state index in [-0.39, 0.29) is 30.9 Å². The molecule has 44 heavy (non-hydrogen) atoms. The fraction of sp³-hybridized carbons (Fsp3) is 0.438. The van der Waals surface area contributed by atoms with Gasteiger partial charge in [-0.25, -0.2) is 4.79 Å². The van der Waals surface area contributed by atoms with Crippen LogP contribution in [0.3, 0.4) is 0 Å². The maximum atomic E-state index is 13.5. The molecule has 1 aromatic heterocycles. The molecule has 4 unspecified atom stereocenters. The summed E-state index contributed by atoms with van der Waals surface area (Å²) in [5.74, 6) is -2.90. The number of nitrogens with one attached hydrogen (secondary N) is 4. The first-order valence-electron chi connectivity index (χ1n) is 14.9. The Labute approximate surface area is 257 Å². The second kappa shape index (κ2) is 16.4. The molecule has 4 atom stereocenters. The minimum absolute atomic E-state index is 0.0226. The maximum absolute atomic E-state index is 13.5. The number of hydrogen-bond acceptors (Lipinski definition) is 7. The number of phenols is 1. The second-order valence-corrected chi connectivity index (χ2v) is 11.5. The highest BCUT2D eigenvalue weighted by molar-refractivity contribution is 5.94. The van der Waals surface area contributed by atoms with Crippen molar-refractivity contribution in [3.05, 3.63) is 65.9 Å². The molecule has 0 aliphatic rings. The van der Waals surface area contributed by atoms with Gasteiger partial charge in [0.2, 0.25) is 17.7 Å². The van der Waals surface area contributed by atoms with E-state index in [1.54, 1.807) is 12.1 Å². The third-order valence-electron chi connectivity index (χ3n) is 7.36. The molecule has 0 fully saturated rings. The normalized spacial score (nSPS) is 14.0. The number of para-hydroxylation sites is 1. The molecule has 2 aromatic carbocycles. The average Bonchev–Trinajstić information content (AvgIpc) is 3.39. The third-order valence-corrected chi connectivity index (χ3v) is 7.36. The molecule has 0 saturated carbocycles. The van der Waals surface area contributed by atoms with Gasteiger partial charge in [0.1, 0.15) is 23.9 Å². The Morgan fingerprint density at radius 2 is 1.48 bits per heavy atom. The lowest BCUT2D eigenvalue weighted by Gasteiger charge is -2.26. The molecule has 0 radical (unpaired) electrons. The summed E-state index contributed by atoms with van der Waals surface area (Å²) in [6, 6.07) is 9.48. The van der Waals surface area contributed by atoms with Crippen LogP contribution in [0.15, 0.2) is 54.7 Å². The Morgan fingerprint density at radius 1 is 0.841 bits per heavy atom. The van der Waals surface area contributed by atoms with Crippen LogP contribution in [-0.2, 0) is 32.0 Å². The number of carboxylic acid groups (broad SMARTS) is 1. The number of unbranched alkanes of at least 4 members (excludes halogenated alkanes) is 1. The van der Waals surface area contributed by atoms with E-state index in [4.69, 9.17) is 11.5 Å². The number of fused-ring (bicyclic) bond motifs is 1. The zero-order chi connectivity index (χ0) is 32.2. The lowest BCUT2D eigenvalue weighted by Crippen LogP contribution is -2.57. The SMILES string of the molecule is CC(C)CC(NC(=O)C(N)Cc1c[nH]c2ccccc12)C(=O)NC(CCCCN)C(=O)NC(Cc1ccc(O)cc1)C(=O)O. The summed E-state index contributed by atoms with van der Waals surface area (Å²) in [6.07, 6.45) is 3.69. The minimum Gasteiger partial charge on any atom is -0.508 e. The number of benzene rings is 2. The summed E-state index contributed by atoms with van der Waals surface area (Å²) in [6.45, 7) is 4.20. The molecule has 12 heteroatoms. The fourth-order valence-electron chi connectivity index (χ4n) is 4.99. The lowest BCUT2D eigenvalue weighted by atomic mass is 10.00. The van der Waals surface area contributed by atoms with Gasteiger partial charge < -0.3 is 42.6 Å². The van der Waals surface area contributed by atoms with Gasteiger partial charge in [-0.2, -0.15) is 0 Å². The number of aromatic hydroxyl groups is 1. The van der Waals surface area contributed by atoms with Crippen molar-refractivity contribution in [2.45, 2.75) is 76.5 Å². The maximum Gasteiger partial charge on any atom is 0.326 e. The number of H-pyrrole nitrogens is 1. The van der Waals surface area contributed by atoms with E-state index < -0.39 is 47.9 Å². The molecular formula is C32H44N6O6. The third kappa shape index (κ3) is 10.1. The summed E-state index contributed by atoms with van der Waals surface area (Å²) in [5.41, 5.74) is 14.3. The van der Waals surface area contributed by atoms with Crippen LogP contribution in [0.2, 0.25) is 0 Å². The quantitative estimate of drug-likeness (QED) is 0.105. The zero-order valence-electron chi connectivity index (χ0n) is 25.2. The van der Waals surface area contributed by atoms with E-state index in [1.165, 1.54) is 12.1 Å². The molecule has 3 rings (SSSR count). The van der Waals surface area contributed by atoms with Gasteiger partial charge in [0.25, 0.3) is 0 Å². The Bertz CT molecular complexity index is 1410. The van der Waals surface area contributed by atoms with Crippen LogP contribution in [-0.4, -0.2) is 69.6 Å². The van der Waals surface area contributed by atoms with Crippen LogP contribution >= 0.6 is 0 Å². The molecule has 3 amide bonds. The van der Waals surface area contributed by atoms with Crippen LogP contribution in [0.4, 0.5) is 0 Å². The Morgan fingerprint density at radius 3 is 2.14 bits per heavy atom. The topological polar surface area (TPSA) is 213 Å². The number of nitrogens with two attached hydrogens (primary N) is 2. The van der Waals surface area contributed by atoms with Gasteiger partial charge in [0.15, 0.2) is 0 Å². The molecule has 12 nitrogen and oxygen atoms in total. The number of aromatic nitrogens is 1. The van der Waals surface area contributed by atoms with Gasteiger partial charge in [0.05, 0.1) is 6.04 Å². The van der Waals surface area contributed by atoms with Crippen LogP contribution in [0.1, 0.15) is 50.7 Å². The van der Waals surface area contributed by atoms with Crippen molar-refractivity contribution in [3.63, 3.8) is 0 Å². The predicted molar refractivity (Wildman–Crippen MR) is 168 cm³/mol. The van der Waals surface area contributed by atoms with Crippen molar-refractivity contribution in [1.29, 1.82) is 0 Å². The van der Waals surface area contributed by atoms with E-state index in [9.17, 15) is 29.4 Å². The Balaban J connectivity index is 1.70. The van der Waals surface area contributed by atoms with Crippen LogP contribution in [0.5, 0.6) is 5.75 Å². The highest BCUT2D eigenvalue weighted by Gasteiger charge is 2.31. The number of hydrogen-bond donors (Lipinski definition) is 8. The largest absolute Gasteiger partial charge is 0.508 e. The number of phenolic OH excluding ortho intramolecular Hbond substituents is 1. The van der Waals surface area contributed by atoms with E-state index in [0.717, 1.165) is 16.5 Å². The molecule has 0 spiro atoms. The molecule has 0 aliphatic heterocycles. The number of amides is 3. The van der Waals surface area contributed by atoms with Crippen LogP contribution in [0, 0.1) is 5.92 Å².